The number of hydrogen-bond acceptors (Lipinski definition) is 7. The van der Waals surface area contributed by atoms with Gasteiger partial charge in [-0.05, 0) is 30.2 Å². The third kappa shape index (κ3) is 8.28. The molecule has 0 aliphatic rings. The monoisotopic (exact) mass is 491 g/mol. The average Bonchev–Trinajstić information content (AvgIpc) is 2.70. The Balaban J connectivity index is 0. The molecule has 172 valence electrons. The first-order valence-corrected chi connectivity index (χ1v) is 11.0. The van der Waals surface area contributed by atoms with Crippen molar-refractivity contribution in [2.24, 2.45) is 0 Å². The fraction of sp³-hybridized carbons (Fsp3) is 0.409. The van der Waals surface area contributed by atoms with E-state index in [0.717, 1.165) is 5.69 Å². The number of aliphatic hydroxyl groups excluding tert-OH is 2. The molecule has 0 saturated carbocycles. The van der Waals surface area contributed by atoms with Gasteiger partial charge in [0.1, 0.15) is 5.82 Å². The topological polar surface area (TPSA) is 107 Å². The summed E-state index contributed by atoms with van der Waals surface area (Å²) in [5, 5.41) is 28.8. The first-order chi connectivity index (χ1) is 14.6. The summed E-state index contributed by atoms with van der Waals surface area (Å²) in [7, 11) is 1.85. The van der Waals surface area contributed by atoms with Crippen molar-refractivity contribution in [1.29, 1.82) is 0 Å². The van der Waals surface area contributed by atoms with E-state index in [4.69, 9.17) is 5.11 Å². The molecular formula is C22H30CaFN3O4S. The maximum Gasteiger partial charge on any atom is 2.00 e. The molecule has 2 aromatic rings. The van der Waals surface area contributed by atoms with E-state index in [-0.39, 0.29) is 58.7 Å². The van der Waals surface area contributed by atoms with Crippen LogP contribution in [-0.4, -0.2) is 94.5 Å². The van der Waals surface area contributed by atoms with Gasteiger partial charge in [0.05, 0.1) is 30.0 Å². The summed E-state index contributed by atoms with van der Waals surface area (Å²) in [6.45, 7) is 3.98. The van der Waals surface area contributed by atoms with Gasteiger partial charge in [-0.3, -0.25) is 9.10 Å². The van der Waals surface area contributed by atoms with Crippen LogP contribution in [0.2, 0.25) is 0 Å². The van der Waals surface area contributed by atoms with Crippen LogP contribution < -0.4 is 4.31 Å². The Kier molecular flexibility index (Phi) is 12.1. The number of aliphatic carboxylic acids is 1. The van der Waals surface area contributed by atoms with Crippen molar-refractivity contribution >= 4 is 67.7 Å². The van der Waals surface area contributed by atoms with Crippen molar-refractivity contribution in [2.75, 3.05) is 17.6 Å². The number of halogens is 1. The molecule has 32 heavy (non-hydrogen) atoms. The summed E-state index contributed by atoms with van der Waals surface area (Å²) >= 11 is 1.45. The minimum atomic E-state index is -1.16. The fourth-order valence-electron chi connectivity index (χ4n) is 2.98. The summed E-state index contributed by atoms with van der Waals surface area (Å²) in [4.78, 5) is 20.1. The summed E-state index contributed by atoms with van der Waals surface area (Å²) in [6, 6.07) is 5.98. The van der Waals surface area contributed by atoms with Crippen LogP contribution in [0.15, 0.2) is 30.3 Å². The smallest absolute Gasteiger partial charge is 1.00 e. The minimum Gasteiger partial charge on any atom is -1.00 e. The molecule has 0 saturated heterocycles. The maximum atomic E-state index is 13.5. The zero-order valence-electron chi connectivity index (χ0n) is 20.7. The number of carboxylic acids is 1. The molecule has 0 aliphatic carbocycles. The molecular weight excluding hydrogens is 461 g/mol. The van der Waals surface area contributed by atoms with E-state index in [1.807, 2.05) is 31.5 Å². The predicted molar refractivity (Wildman–Crippen MR) is 129 cm³/mol. The van der Waals surface area contributed by atoms with Crippen molar-refractivity contribution in [1.82, 2.24) is 9.97 Å². The molecule has 7 nitrogen and oxygen atoms in total. The van der Waals surface area contributed by atoms with E-state index in [1.165, 1.54) is 30.2 Å². The van der Waals surface area contributed by atoms with Crippen LogP contribution in [0.4, 0.5) is 10.3 Å². The Morgan fingerprint density at radius 1 is 1.25 bits per heavy atom. The Morgan fingerprint density at radius 2 is 1.88 bits per heavy atom. The molecule has 0 spiro atoms. The molecule has 10 heteroatoms. The zero-order chi connectivity index (χ0) is 23.1. The zero-order valence-corrected chi connectivity index (χ0v) is 21.7. The van der Waals surface area contributed by atoms with Crippen molar-refractivity contribution in [3.8, 4) is 11.3 Å². The van der Waals surface area contributed by atoms with E-state index >= 15 is 0 Å². The Labute approximate surface area is 224 Å². The van der Waals surface area contributed by atoms with E-state index in [0.29, 0.717) is 22.8 Å². The number of rotatable bonds is 10. The first-order valence-electron chi connectivity index (χ1n) is 9.84. The van der Waals surface area contributed by atoms with Crippen molar-refractivity contribution in [2.45, 2.75) is 44.8 Å². The van der Waals surface area contributed by atoms with Gasteiger partial charge < -0.3 is 18.2 Å². The summed E-state index contributed by atoms with van der Waals surface area (Å²) < 4.78 is 15.3. The Hall–Kier alpha value is -1.23. The normalized spacial score (nSPS) is 13.1. The largest absolute Gasteiger partial charge is 2.00 e. The van der Waals surface area contributed by atoms with Crippen LogP contribution in [0.3, 0.4) is 0 Å². The maximum absolute atomic E-state index is 13.5. The Bertz CT molecular complexity index is 939. The quantitative estimate of drug-likeness (QED) is 0.342. The molecule has 0 radical (unpaired) electrons. The molecule has 0 bridgehead atoms. The molecule has 2 atom stereocenters. The van der Waals surface area contributed by atoms with Gasteiger partial charge in [-0.1, -0.05) is 37.9 Å². The molecule has 0 amide bonds. The number of anilines is 1. The molecule has 1 heterocycles. The molecule has 0 aliphatic heterocycles. The average molecular weight is 492 g/mol. The van der Waals surface area contributed by atoms with Crippen LogP contribution in [0.1, 0.15) is 46.7 Å². The van der Waals surface area contributed by atoms with Gasteiger partial charge in [0.25, 0.3) is 0 Å². The number of aromatic nitrogens is 2. The molecule has 1 aromatic heterocycles. The van der Waals surface area contributed by atoms with Gasteiger partial charge in [-0.2, -0.15) is 0 Å². The van der Waals surface area contributed by atoms with E-state index in [1.54, 1.807) is 18.2 Å². The van der Waals surface area contributed by atoms with Crippen LogP contribution in [0.25, 0.3) is 17.3 Å². The summed E-state index contributed by atoms with van der Waals surface area (Å²) in [5.41, 5.74) is 2.71. The van der Waals surface area contributed by atoms with Crippen LogP contribution in [0.5, 0.6) is 0 Å². The SMILES string of the molecule is CSN(C)c1nc(-c2ccc(F)cc2)c(/C=C/[C@@H](O)C[C@@H](O)CC(=O)O)c(C(C)C)n1.[Ca+2].[H-].[H-]. The van der Waals surface area contributed by atoms with Gasteiger partial charge in [0.15, 0.2) is 0 Å². The van der Waals surface area contributed by atoms with Crippen molar-refractivity contribution < 1.29 is 27.4 Å². The Morgan fingerprint density at radius 3 is 2.41 bits per heavy atom. The van der Waals surface area contributed by atoms with Crippen LogP contribution in [-0.2, 0) is 4.79 Å². The molecule has 2 rings (SSSR count). The van der Waals surface area contributed by atoms with E-state index in [2.05, 4.69) is 9.97 Å². The summed E-state index contributed by atoms with van der Waals surface area (Å²) in [5.74, 6) is -0.953. The van der Waals surface area contributed by atoms with Gasteiger partial charge in [0.2, 0.25) is 5.95 Å². The number of benzene rings is 1. The number of carbonyl (C=O) groups is 1. The molecule has 0 fully saturated rings. The molecule has 0 unspecified atom stereocenters. The van der Waals surface area contributed by atoms with Gasteiger partial charge >= 0.3 is 43.7 Å². The van der Waals surface area contributed by atoms with Gasteiger partial charge in [0, 0.05) is 30.9 Å². The second-order valence-corrected chi connectivity index (χ2v) is 8.34. The van der Waals surface area contributed by atoms with Gasteiger partial charge in [-0.15, -0.1) is 0 Å². The summed E-state index contributed by atoms with van der Waals surface area (Å²) in [6.07, 6.45) is 2.30. The van der Waals surface area contributed by atoms with Crippen molar-refractivity contribution in [3.63, 3.8) is 0 Å². The third-order valence-electron chi connectivity index (χ3n) is 4.59. The number of aliphatic hydroxyl groups is 2. The standard InChI is InChI=1S/C22H28FN3O4S.Ca.2H/c1-13(2)20-18(10-9-16(27)11-17(28)12-19(29)30)21(14-5-7-15(23)8-6-14)25-22(24-20)26(3)31-4;;;/h5-10,13,16-17,27-28H,11-12H2,1-4H3,(H,29,30);;;/q;+2;2*-1/b10-9+;;;/t16-,17-;;;/m1.../s1. The van der Waals surface area contributed by atoms with E-state index < -0.39 is 24.6 Å². The first kappa shape index (κ1) is 28.8. The van der Waals surface area contributed by atoms with Crippen molar-refractivity contribution in [3.05, 3.63) is 47.4 Å². The van der Waals surface area contributed by atoms with Crippen LogP contribution >= 0.6 is 11.9 Å². The third-order valence-corrected chi connectivity index (χ3v) is 5.30. The number of hydrogen-bond donors (Lipinski definition) is 3. The fourth-order valence-corrected chi connectivity index (χ4v) is 3.22. The van der Waals surface area contributed by atoms with E-state index in [9.17, 15) is 19.4 Å². The second-order valence-electron chi connectivity index (χ2n) is 7.43. The predicted octanol–water partition coefficient (Wildman–Crippen LogP) is 3.56. The minimum absolute atomic E-state index is 0. The second kappa shape index (κ2) is 13.5. The number of nitrogens with zero attached hydrogens (tertiary/aromatic N) is 3. The molecule has 1 aromatic carbocycles. The number of carboxylic acid groups (broad SMARTS) is 1. The van der Waals surface area contributed by atoms with Crippen LogP contribution in [0, 0.1) is 5.82 Å². The van der Waals surface area contributed by atoms with Gasteiger partial charge in [-0.25, -0.2) is 14.4 Å². The molecule has 3 N–H and O–H groups in total.